The Morgan fingerprint density at radius 1 is 0.920 bits per heavy atom. The number of benzene rings is 2. The Balaban J connectivity index is 1.82. The van der Waals surface area contributed by atoms with Crippen LogP contribution in [0.25, 0.3) is 16.9 Å². The molecule has 5 heteroatoms. The van der Waals surface area contributed by atoms with E-state index in [2.05, 4.69) is 10.3 Å². The summed E-state index contributed by atoms with van der Waals surface area (Å²) in [6, 6.07) is 22.4. The quantitative estimate of drug-likeness (QED) is 0.572. The average molecular weight is 348 g/mol. The minimum Gasteiger partial charge on any atom is -0.321 e. The molecule has 25 heavy (non-hydrogen) atoms. The second kappa shape index (κ2) is 6.42. The van der Waals surface area contributed by atoms with E-state index in [1.54, 1.807) is 28.7 Å². The second-order valence-corrected chi connectivity index (χ2v) is 6.00. The number of pyridine rings is 1. The van der Waals surface area contributed by atoms with Gasteiger partial charge in [-0.3, -0.25) is 9.20 Å². The van der Waals surface area contributed by atoms with Crippen molar-refractivity contribution in [3.63, 3.8) is 0 Å². The van der Waals surface area contributed by atoms with Gasteiger partial charge in [-0.15, -0.1) is 0 Å². The molecule has 0 unspecified atom stereocenters. The van der Waals surface area contributed by atoms with Crippen LogP contribution in [-0.2, 0) is 0 Å². The number of nitrogens with one attached hydrogen (secondary N) is 1. The van der Waals surface area contributed by atoms with Crippen molar-refractivity contribution in [3.8, 4) is 11.3 Å². The first-order valence-corrected chi connectivity index (χ1v) is 8.19. The summed E-state index contributed by atoms with van der Waals surface area (Å²) in [7, 11) is 0. The minimum atomic E-state index is -0.222. The number of anilines is 1. The molecule has 0 fully saturated rings. The van der Waals surface area contributed by atoms with Crippen LogP contribution in [0.1, 0.15) is 10.5 Å². The summed E-state index contributed by atoms with van der Waals surface area (Å²) in [5.74, 6) is -0.222. The molecule has 0 radical (unpaired) electrons. The van der Waals surface area contributed by atoms with Gasteiger partial charge in [-0.2, -0.15) is 0 Å². The van der Waals surface area contributed by atoms with Gasteiger partial charge in [-0.25, -0.2) is 4.98 Å². The number of hydrogen-bond acceptors (Lipinski definition) is 2. The van der Waals surface area contributed by atoms with Gasteiger partial charge in [0.1, 0.15) is 17.0 Å². The molecule has 4 nitrogen and oxygen atoms in total. The maximum Gasteiger partial charge on any atom is 0.274 e. The van der Waals surface area contributed by atoms with Gasteiger partial charge >= 0.3 is 0 Å². The lowest BCUT2D eigenvalue weighted by Crippen LogP contribution is -2.15. The Morgan fingerprint density at radius 2 is 1.64 bits per heavy atom. The molecule has 0 aliphatic carbocycles. The van der Waals surface area contributed by atoms with Crippen molar-refractivity contribution in [2.75, 3.05) is 5.32 Å². The third-order valence-corrected chi connectivity index (χ3v) is 4.15. The van der Waals surface area contributed by atoms with Crippen LogP contribution in [0, 0.1) is 0 Å². The maximum atomic E-state index is 13.0. The average Bonchev–Trinajstić information content (AvgIpc) is 3.04. The number of rotatable bonds is 3. The van der Waals surface area contributed by atoms with E-state index in [-0.39, 0.29) is 5.91 Å². The number of nitrogens with zero attached hydrogens (tertiary/aromatic N) is 2. The smallest absolute Gasteiger partial charge is 0.274 e. The minimum absolute atomic E-state index is 0.222. The molecular weight excluding hydrogens is 334 g/mol. The molecule has 122 valence electrons. The fourth-order valence-corrected chi connectivity index (χ4v) is 2.86. The Morgan fingerprint density at radius 3 is 2.40 bits per heavy atom. The first-order chi connectivity index (χ1) is 12.2. The number of carbonyl (C=O) groups excluding carboxylic acids is 1. The SMILES string of the molecule is O=C(Nc1ccc(Cl)cc1)c1c(-c2ccccc2)nc2ccccn12. The van der Waals surface area contributed by atoms with Crippen LogP contribution in [0.15, 0.2) is 79.0 Å². The van der Waals surface area contributed by atoms with E-state index in [1.807, 2.05) is 54.7 Å². The lowest BCUT2D eigenvalue weighted by Gasteiger charge is -2.07. The van der Waals surface area contributed by atoms with E-state index in [9.17, 15) is 4.79 Å². The predicted molar refractivity (Wildman–Crippen MR) is 100 cm³/mol. The van der Waals surface area contributed by atoms with Gasteiger partial charge in [-0.1, -0.05) is 48.0 Å². The van der Waals surface area contributed by atoms with Crippen LogP contribution in [0.3, 0.4) is 0 Å². The van der Waals surface area contributed by atoms with Gasteiger partial charge in [-0.05, 0) is 36.4 Å². The standard InChI is InChI=1S/C20H14ClN3O/c21-15-9-11-16(12-10-15)22-20(25)19-18(14-6-2-1-3-7-14)23-17-8-4-5-13-24(17)19/h1-13H,(H,22,25). The molecule has 0 atom stereocenters. The zero-order valence-corrected chi connectivity index (χ0v) is 13.9. The number of hydrogen-bond donors (Lipinski definition) is 1. The van der Waals surface area contributed by atoms with Crippen LogP contribution in [0.2, 0.25) is 5.02 Å². The summed E-state index contributed by atoms with van der Waals surface area (Å²) >= 11 is 5.90. The number of fused-ring (bicyclic) bond motifs is 1. The van der Waals surface area contributed by atoms with Crippen molar-refractivity contribution in [1.82, 2.24) is 9.38 Å². The summed E-state index contributed by atoms with van der Waals surface area (Å²) in [6.07, 6.45) is 1.84. The zero-order chi connectivity index (χ0) is 17.2. The van der Waals surface area contributed by atoms with Crippen molar-refractivity contribution in [1.29, 1.82) is 0 Å². The van der Waals surface area contributed by atoms with E-state index >= 15 is 0 Å². The highest BCUT2D eigenvalue weighted by Gasteiger charge is 2.20. The number of aromatic nitrogens is 2. The molecule has 2 aromatic carbocycles. The van der Waals surface area contributed by atoms with Crippen LogP contribution in [0.4, 0.5) is 5.69 Å². The van der Waals surface area contributed by atoms with Crippen LogP contribution >= 0.6 is 11.6 Å². The highest BCUT2D eigenvalue weighted by molar-refractivity contribution is 6.30. The summed E-state index contributed by atoms with van der Waals surface area (Å²) in [6.45, 7) is 0. The third kappa shape index (κ3) is 2.99. The first kappa shape index (κ1) is 15.4. The molecule has 1 amide bonds. The van der Waals surface area contributed by atoms with Crippen molar-refractivity contribution in [2.45, 2.75) is 0 Å². The zero-order valence-electron chi connectivity index (χ0n) is 13.2. The van der Waals surface area contributed by atoms with E-state index < -0.39 is 0 Å². The maximum absolute atomic E-state index is 13.0. The fraction of sp³-hybridized carbons (Fsp3) is 0. The van der Waals surface area contributed by atoms with E-state index in [0.29, 0.717) is 22.1 Å². The van der Waals surface area contributed by atoms with Gasteiger partial charge in [0.05, 0.1) is 0 Å². The Kier molecular flexibility index (Phi) is 3.96. The molecule has 4 aromatic rings. The largest absolute Gasteiger partial charge is 0.321 e. The predicted octanol–water partition coefficient (Wildman–Crippen LogP) is 4.91. The fourth-order valence-electron chi connectivity index (χ4n) is 2.73. The first-order valence-electron chi connectivity index (χ1n) is 7.82. The van der Waals surface area contributed by atoms with Gasteiger partial charge in [0.2, 0.25) is 0 Å². The van der Waals surface area contributed by atoms with E-state index in [4.69, 9.17) is 11.6 Å². The number of carbonyl (C=O) groups is 1. The van der Waals surface area contributed by atoms with Crippen LogP contribution in [0.5, 0.6) is 0 Å². The lowest BCUT2D eigenvalue weighted by molar-refractivity contribution is 0.102. The van der Waals surface area contributed by atoms with Crippen molar-refractivity contribution >= 4 is 28.8 Å². The molecule has 0 aliphatic heterocycles. The summed E-state index contributed by atoms with van der Waals surface area (Å²) in [5.41, 5.74) is 3.45. The molecule has 1 N–H and O–H groups in total. The molecule has 4 rings (SSSR count). The van der Waals surface area contributed by atoms with Crippen molar-refractivity contribution in [3.05, 3.63) is 89.7 Å². The van der Waals surface area contributed by atoms with Crippen LogP contribution < -0.4 is 5.32 Å². The highest BCUT2D eigenvalue weighted by Crippen LogP contribution is 2.25. The number of imidazole rings is 1. The normalized spacial score (nSPS) is 10.8. The van der Waals surface area contributed by atoms with E-state index in [1.165, 1.54) is 0 Å². The molecule has 0 saturated heterocycles. The van der Waals surface area contributed by atoms with Gasteiger partial charge in [0.15, 0.2) is 0 Å². The van der Waals surface area contributed by atoms with Gasteiger partial charge in [0.25, 0.3) is 5.91 Å². The Bertz CT molecular complexity index is 1040. The Labute approximate surface area is 149 Å². The number of amides is 1. The molecule has 0 aliphatic rings. The third-order valence-electron chi connectivity index (χ3n) is 3.89. The summed E-state index contributed by atoms with van der Waals surface area (Å²) < 4.78 is 1.80. The lowest BCUT2D eigenvalue weighted by atomic mass is 10.1. The van der Waals surface area contributed by atoms with E-state index in [0.717, 1.165) is 11.2 Å². The highest BCUT2D eigenvalue weighted by atomic mass is 35.5. The molecule has 0 spiro atoms. The van der Waals surface area contributed by atoms with Gasteiger partial charge in [0, 0.05) is 22.5 Å². The van der Waals surface area contributed by atoms with Crippen molar-refractivity contribution < 1.29 is 4.79 Å². The molecule has 0 bridgehead atoms. The van der Waals surface area contributed by atoms with Gasteiger partial charge < -0.3 is 5.32 Å². The topological polar surface area (TPSA) is 46.4 Å². The van der Waals surface area contributed by atoms with Crippen molar-refractivity contribution in [2.24, 2.45) is 0 Å². The summed E-state index contributed by atoms with van der Waals surface area (Å²) in [4.78, 5) is 17.6. The molecule has 2 heterocycles. The van der Waals surface area contributed by atoms with Crippen LogP contribution in [-0.4, -0.2) is 15.3 Å². The summed E-state index contributed by atoms with van der Waals surface area (Å²) in [5, 5.41) is 3.54. The monoisotopic (exact) mass is 347 g/mol. The Hall–Kier alpha value is -3.11. The second-order valence-electron chi connectivity index (χ2n) is 5.56. The molecule has 2 aromatic heterocycles. The molecular formula is C20H14ClN3O. The number of halogens is 1. The molecule has 0 saturated carbocycles.